The van der Waals surface area contributed by atoms with Crippen molar-refractivity contribution in [3.8, 4) is 0 Å². The maximum absolute atomic E-state index is 12.6. The molecule has 0 amide bonds. The lowest BCUT2D eigenvalue weighted by Gasteiger charge is -2.20. The number of carbonyl (C=O) groups is 2. The fourth-order valence-electron chi connectivity index (χ4n) is 5.56. The minimum atomic E-state index is -4.63. The van der Waals surface area contributed by atoms with Crippen molar-refractivity contribution in [2.24, 2.45) is 0 Å². The van der Waals surface area contributed by atoms with Gasteiger partial charge in [0.25, 0.3) is 0 Å². The van der Waals surface area contributed by atoms with E-state index in [4.69, 9.17) is 19.1 Å². The summed E-state index contributed by atoms with van der Waals surface area (Å²) in [4.78, 5) is 34.9. The van der Waals surface area contributed by atoms with Gasteiger partial charge in [-0.15, -0.1) is 0 Å². The predicted octanol–water partition coefficient (Wildman–Crippen LogP) is 11.5. The highest BCUT2D eigenvalue weighted by Crippen LogP contribution is 2.43. The number of rotatable bonds is 40. The SMILES string of the molecule is CCCCC/C=C/C/C=C/C/C=C/C/C=C/C/C=C/CCC(=O)OC[C@@H](COP(=O)(O)OC[C@H](O)CO)OC(=O)CCCCCCCCCCCCCCCC. The molecule has 0 aromatic heterocycles. The number of aliphatic hydroxyl groups excluding tert-OH is 2. The summed E-state index contributed by atoms with van der Waals surface area (Å²) in [5, 5.41) is 18.3. The van der Waals surface area contributed by atoms with Crippen LogP contribution in [0.25, 0.3) is 0 Å². The summed E-state index contributed by atoms with van der Waals surface area (Å²) in [5.41, 5.74) is 0. The molecule has 0 aliphatic carbocycles. The van der Waals surface area contributed by atoms with Gasteiger partial charge >= 0.3 is 19.8 Å². The lowest BCUT2D eigenvalue weighted by molar-refractivity contribution is -0.161. The Kier molecular flexibility index (Phi) is 39.2. The molecule has 0 saturated carbocycles. The molecule has 1 unspecified atom stereocenters. The van der Waals surface area contributed by atoms with Crippen molar-refractivity contribution >= 4 is 19.8 Å². The van der Waals surface area contributed by atoms with Crippen molar-refractivity contribution in [3.05, 3.63) is 60.8 Å². The smallest absolute Gasteiger partial charge is 0.462 e. The molecule has 0 radical (unpaired) electrons. The normalized spacial score (nSPS) is 14.4. The average Bonchev–Trinajstić information content (AvgIpc) is 3.19. The van der Waals surface area contributed by atoms with Crippen LogP contribution in [0.4, 0.5) is 0 Å². The highest BCUT2D eigenvalue weighted by atomic mass is 31.2. The summed E-state index contributed by atoms with van der Waals surface area (Å²) in [5.74, 6) is -1.02. The second kappa shape index (κ2) is 40.9. The van der Waals surface area contributed by atoms with Crippen molar-refractivity contribution < 1.29 is 47.8 Å². The van der Waals surface area contributed by atoms with Crippen LogP contribution < -0.4 is 0 Å². The predicted molar refractivity (Wildman–Crippen MR) is 228 cm³/mol. The number of unbranched alkanes of at least 4 members (excludes halogenated alkanes) is 16. The molecule has 0 aliphatic rings. The molecule has 0 fully saturated rings. The minimum absolute atomic E-state index is 0.117. The van der Waals surface area contributed by atoms with E-state index in [1.54, 1.807) is 0 Å². The highest BCUT2D eigenvalue weighted by Gasteiger charge is 2.27. The molecular weight excluding hydrogens is 731 g/mol. The van der Waals surface area contributed by atoms with Gasteiger partial charge in [0.2, 0.25) is 0 Å². The molecule has 11 heteroatoms. The minimum Gasteiger partial charge on any atom is -0.462 e. The van der Waals surface area contributed by atoms with Gasteiger partial charge in [0.1, 0.15) is 12.7 Å². The van der Waals surface area contributed by atoms with Crippen molar-refractivity contribution in [1.82, 2.24) is 0 Å². The van der Waals surface area contributed by atoms with E-state index in [0.29, 0.717) is 12.8 Å². The Balaban J connectivity index is 4.41. The van der Waals surface area contributed by atoms with E-state index in [1.165, 1.54) is 89.9 Å². The molecule has 3 N–H and O–H groups in total. The van der Waals surface area contributed by atoms with Crippen LogP contribution in [0.15, 0.2) is 60.8 Å². The molecule has 0 heterocycles. The summed E-state index contributed by atoms with van der Waals surface area (Å²) in [7, 11) is -4.63. The highest BCUT2D eigenvalue weighted by molar-refractivity contribution is 7.47. The van der Waals surface area contributed by atoms with Gasteiger partial charge in [-0.2, -0.15) is 0 Å². The molecule has 3 atom stereocenters. The Morgan fingerprint density at radius 2 is 0.964 bits per heavy atom. The van der Waals surface area contributed by atoms with Gasteiger partial charge in [-0.3, -0.25) is 18.6 Å². The van der Waals surface area contributed by atoms with Crippen LogP contribution in [-0.4, -0.2) is 65.7 Å². The largest absolute Gasteiger partial charge is 0.472 e. The van der Waals surface area contributed by atoms with Gasteiger partial charge in [-0.05, 0) is 51.4 Å². The molecule has 0 spiro atoms. The van der Waals surface area contributed by atoms with Gasteiger partial charge in [0.05, 0.1) is 19.8 Å². The number of aliphatic hydroxyl groups is 2. The van der Waals surface area contributed by atoms with E-state index in [1.807, 2.05) is 12.2 Å². The second-order valence-electron chi connectivity index (χ2n) is 14.4. The second-order valence-corrected chi connectivity index (χ2v) is 15.8. The molecule has 324 valence electrons. The fraction of sp³-hybridized carbons (Fsp3) is 0.733. The Bertz CT molecular complexity index is 1120. The number of carbonyl (C=O) groups excluding carboxylic acids is 2. The van der Waals surface area contributed by atoms with Crippen LogP contribution in [0.2, 0.25) is 0 Å². The molecule has 56 heavy (non-hydrogen) atoms. The summed E-state index contributed by atoms with van der Waals surface area (Å²) in [6.07, 6.45) is 44.8. The Labute approximate surface area is 340 Å². The summed E-state index contributed by atoms with van der Waals surface area (Å²) in [6.45, 7) is 2.27. The molecule has 0 rings (SSSR count). The number of phosphoric acid groups is 1. The van der Waals surface area contributed by atoms with Crippen LogP contribution in [0.5, 0.6) is 0 Å². The zero-order valence-electron chi connectivity index (χ0n) is 35.1. The van der Waals surface area contributed by atoms with Crippen LogP contribution in [0.3, 0.4) is 0 Å². The van der Waals surface area contributed by atoms with Crippen LogP contribution in [0, 0.1) is 0 Å². The maximum Gasteiger partial charge on any atom is 0.472 e. The average molecular weight is 811 g/mol. The zero-order chi connectivity index (χ0) is 41.2. The van der Waals surface area contributed by atoms with Gasteiger partial charge in [-0.1, -0.05) is 171 Å². The third kappa shape index (κ3) is 39.9. The first-order valence-electron chi connectivity index (χ1n) is 21.7. The van der Waals surface area contributed by atoms with E-state index in [-0.39, 0.29) is 19.4 Å². The van der Waals surface area contributed by atoms with Gasteiger partial charge < -0.3 is 24.6 Å². The van der Waals surface area contributed by atoms with Gasteiger partial charge in [0.15, 0.2) is 6.10 Å². The molecular formula is C45H79O10P. The third-order valence-electron chi connectivity index (χ3n) is 8.94. The van der Waals surface area contributed by atoms with E-state index in [2.05, 4.69) is 67.0 Å². The Morgan fingerprint density at radius 3 is 1.46 bits per heavy atom. The number of allylic oxidation sites excluding steroid dienone is 10. The van der Waals surface area contributed by atoms with Crippen molar-refractivity contribution in [2.75, 3.05) is 26.4 Å². The number of ether oxygens (including phenoxy) is 2. The Morgan fingerprint density at radius 1 is 0.536 bits per heavy atom. The first-order valence-corrected chi connectivity index (χ1v) is 23.2. The van der Waals surface area contributed by atoms with Crippen LogP contribution >= 0.6 is 7.82 Å². The van der Waals surface area contributed by atoms with Crippen molar-refractivity contribution in [3.63, 3.8) is 0 Å². The van der Waals surface area contributed by atoms with E-state index in [9.17, 15) is 24.2 Å². The topological polar surface area (TPSA) is 149 Å². The van der Waals surface area contributed by atoms with Crippen molar-refractivity contribution in [1.29, 1.82) is 0 Å². The molecule has 0 bridgehead atoms. The van der Waals surface area contributed by atoms with Crippen LogP contribution in [-0.2, 0) is 32.7 Å². The van der Waals surface area contributed by atoms with E-state index >= 15 is 0 Å². The number of esters is 2. The van der Waals surface area contributed by atoms with Crippen molar-refractivity contribution in [2.45, 2.75) is 187 Å². The van der Waals surface area contributed by atoms with E-state index in [0.717, 1.165) is 44.9 Å². The Hall–Kier alpha value is -2.33. The zero-order valence-corrected chi connectivity index (χ0v) is 36.0. The van der Waals surface area contributed by atoms with Gasteiger partial charge in [0, 0.05) is 12.8 Å². The fourth-order valence-corrected chi connectivity index (χ4v) is 6.35. The quantitative estimate of drug-likeness (QED) is 0.0236. The molecule has 0 aromatic rings. The number of phosphoric ester groups is 1. The molecule has 0 saturated heterocycles. The number of hydrogen-bond acceptors (Lipinski definition) is 9. The first-order chi connectivity index (χ1) is 27.2. The number of hydrogen-bond donors (Lipinski definition) is 3. The van der Waals surface area contributed by atoms with Gasteiger partial charge in [-0.25, -0.2) is 4.57 Å². The first kappa shape index (κ1) is 53.7. The molecule has 10 nitrogen and oxygen atoms in total. The van der Waals surface area contributed by atoms with Crippen LogP contribution in [0.1, 0.15) is 174 Å². The molecule has 0 aromatic carbocycles. The standard InChI is InChI=1S/C45H79O10P/c1-3-5-7-9-11-13-15-17-19-20-21-22-23-25-26-28-30-32-34-36-44(48)52-40-43(41-54-56(50,51)53-39-42(47)38-46)55-45(49)37-35-33-31-29-27-24-18-16-14-12-10-8-6-4-2/h11,13,17,19,21-22,25-26,30,32,42-43,46-47H,3-10,12,14-16,18,20,23-24,27-29,31,33-41H2,1-2H3,(H,50,51)/b13-11+,19-17+,22-21+,26-25+,32-30+/t42-,43+/m1/s1. The molecule has 0 aliphatic heterocycles. The third-order valence-corrected chi connectivity index (χ3v) is 9.89. The maximum atomic E-state index is 12.6. The van der Waals surface area contributed by atoms with E-state index < -0.39 is 51.8 Å². The summed E-state index contributed by atoms with van der Waals surface area (Å²) >= 11 is 0. The summed E-state index contributed by atoms with van der Waals surface area (Å²) < 4.78 is 32.6. The lowest BCUT2D eigenvalue weighted by Crippen LogP contribution is -2.29. The monoisotopic (exact) mass is 811 g/mol. The summed E-state index contributed by atoms with van der Waals surface area (Å²) in [6, 6.07) is 0. The lowest BCUT2D eigenvalue weighted by atomic mass is 10.0.